The van der Waals surface area contributed by atoms with Gasteiger partial charge in [0.25, 0.3) is 0 Å². The van der Waals surface area contributed by atoms with Crippen LogP contribution in [0.15, 0.2) is 0 Å². The first-order chi connectivity index (χ1) is 6.13. The number of aliphatic carboxylic acids is 1. The van der Waals surface area contributed by atoms with Crippen LogP contribution in [0.2, 0.25) is 0 Å². The Morgan fingerprint density at radius 2 is 2.31 bits per heavy atom. The van der Waals surface area contributed by atoms with E-state index in [4.69, 9.17) is 10.4 Å². The predicted octanol–water partition coefficient (Wildman–Crippen LogP) is 0.989. The van der Waals surface area contributed by atoms with E-state index in [0.29, 0.717) is 13.0 Å². The Labute approximate surface area is 78.6 Å². The SMILES string of the molecule is CCC(C)C(NCCC#N)C(=O)O. The van der Waals surface area contributed by atoms with Gasteiger partial charge in [0.05, 0.1) is 6.07 Å². The maximum atomic E-state index is 10.7. The van der Waals surface area contributed by atoms with E-state index in [2.05, 4.69) is 5.32 Å². The van der Waals surface area contributed by atoms with Crippen LogP contribution in [-0.4, -0.2) is 23.7 Å². The molecule has 2 atom stereocenters. The number of nitriles is 1. The lowest BCUT2D eigenvalue weighted by atomic mass is 9.99. The molecule has 2 N–H and O–H groups in total. The Kier molecular flexibility index (Phi) is 5.90. The van der Waals surface area contributed by atoms with Crippen molar-refractivity contribution in [1.82, 2.24) is 5.32 Å². The third-order valence-corrected chi connectivity index (χ3v) is 2.08. The van der Waals surface area contributed by atoms with Crippen molar-refractivity contribution in [2.45, 2.75) is 32.7 Å². The topological polar surface area (TPSA) is 73.1 Å². The van der Waals surface area contributed by atoms with Crippen LogP contribution >= 0.6 is 0 Å². The van der Waals surface area contributed by atoms with Gasteiger partial charge < -0.3 is 10.4 Å². The molecule has 0 spiro atoms. The zero-order valence-electron chi connectivity index (χ0n) is 8.08. The van der Waals surface area contributed by atoms with Crippen LogP contribution in [0.4, 0.5) is 0 Å². The molecule has 4 heteroatoms. The first-order valence-corrected chi connectivity index (χ1v) is 4.46. The summed E-state index contributed by atoms with van der Waals surface area (Å²) in [6, 6.07) is 1.43. The van der Waals surface area contributed by atoms with Gasteiger partial charge >= 0.3 is 5.97 Å². The molecule has 13 heavy (non-hydrogen) atoms. The van der Waals surface area contributed by atoms with Gasteiger partial charge in [-0.05, 0) is 5.92 Å². The standard InChI is InChI=1S/C9H16N2O2/c1-3-7(2)8(9(12)13)11-6-4-5-10/h7-8,11H,3-4,6H2,1-2H3,(H,12,13). The molecule has 4 nitrogen and oxygen atoms in total. The summed E-state index contributed by atoms with van der Waals surface area (Å²) in [5.74, 6) is -0.747. The summed E-state index contributed by atoms with van der Waals surface area (Å²) in [7, 11) is 0. The van der Waals surface area contributed by atoms with Gasteiger partial charge in [-0.25, -0.2) is 0 Å². The number of carboxylic acids is 1. The van der Waals surface area contributed by atoms with E-state index < -0.39 is 12.0 Å². The van der Waals surface area contributed by atoms with Crippen molar-refractivity contribution in [2.24, 2.45) is 5.92 Å². The van der Waals surface area contributed by atoms with Crippen LogP contribution < -0.4 is 5.32 Å². The van der Waals surface area contributed by atoms with E-state index in [0.717, 1.165) is 6.42 Å². The highest BCUT2D eigenvalue weighted by Crippen LogP contribution is 2.07. The molecule has 0 aliphatic carbocycles. The summed E-state index contributed by atoms with van der Waals surface area (Å²) >= 11 is 0. The second-order valence-electron chi connectivity index (χ2n) is 3.06. The molecule has 0 bridgehead atoms. The van der Waals surface area contributed by atoms with Crippen LogP contribution in [-0.2, 0) is 4.79 Å². The predicted molar refractivity (Wildman–Crippen MR) is 49.1 cm³/mol. The van der Waals surface area contributed by atoms with Gasteiger partial charge in [-0.3, -0.25) is 4.79 Å². The van der Waals surface area contributed by atoms with Gasteiger partial charge in [0.1, 0.15) is 6.04 Å². The highest BCUT2D eigenvalue weighted by atomic mass is 16.4. The molecule has 0 saturated heterocycles. The summed E-state index contributed by atoms with van der Waals surface area (Å²) in [4.78, 5) is 10.7. The molecule has 0 amide bonds. The summed E-state index contributed by atoms with van der Waals surface area (Å²) < 4.78 is 0. The molecule has 0 fully saturated rings. The Bertz CT molecular complexity index is 198. The lowest BCUT2D eigenvalue weighted by Gasteiger charge is -2.19. The van der Waals surface area contributed by atoms with E-state index in [9.17, 15) is 4.79 Å². The summed E-state index contributed by atoms with van der Waals surface area (Å²) in [5.41, 5.74) is 0. The number of nitrogens with one attached hydrogen (secondary N) is 1. The monoisotopic (exact) mass is 184 g/mol. The summed E-state index contributed by atoms with van der Waals surface area (Å²) in [5, 5.41) is 20.0. The van der Waals surface area contributed by atoms with E-state index in [1.165, 1.54) is 0 Å². The minimum absolute atomic E-state index is 0.0937. The summed E-state index contributed by atoms with van der Waals surface area (Å²) in [6.45, 7) is 4.28. The fourth-order valence-electron chi connectivity index (χ4n) is 1.05. The van der Waals surface area contributed by atoms with Crippen molar-refractivity contribution < 1.29 is 9.90 Å². The van der Waals surface area contributed by atoms with Gasteiger partial charge in [0.2, 0.25) is 0 Å². The van der Waals surface area contributed by atoms with Crippen molar-refractivity contribution in [3.8, 4) is 6.07 Å². The molecule has 0 aromatic heterocycles. The number of hydrogen-bond donors (Lipinski definition) is 2. The number of carboxylic acid groups (broad SMARTS) is 1. The molecule has 2 unspecified atom stereocenters. The Morgan fingerprint density at radius 3 is 2.69 bits per heavy atom. The molecular weight excluding hydrogens is 168 g/mol. The fraction of sp³-hybridized carbons (Fsp3) is 0.778. The van der Waals surface area contributed by atoms with E-state index in [-0.39, 0.29) is 5.92 Å². The largest absolute Gasteiger partial charge is 0.480 e. The molecule has 0 aromatic carbocycles. The zero-order valence-corrected chi connectivity index (χ0v) is 8.08. The van der Waals surface area contributed by atoms with Crippen LogP contribution in [0.25, 0.3) is 0 Å². The van der Waals surface area contributed by atoms with Crippen molar-refractivity contribution in [1.29, 1.82) is 5.26 Å². The average Bonchev–Trinajstić information content (AvgIpc) is 2.11. The normalized spacial score (nSPS) is 14.5. The van der Waals surface area contributed by atoms with Gasteiger partial charge in [-0.15, -0.1) is 0 Å². The van der Waals surface area contributed by atoms with Crippen LogP contribution in [0.1, 0.15) is 26.7 Å². The Hall–Kier alpha value is -1.08. The van der Waals surface area contributed by atoms with Crippen LogP contribution in [0.5, 0.6) is 0 Å². The number of hydrogen-bond acceptors (Lipinski definition) is 3. The van der Waals surface area contributed by atoms with Crippen LogP contribution in [0.3, 0.4) is 0 Å². The molecule has 74 valence electrons. The highest BCUT2D eigenvalue weighted by Gasteiger charge is 2.21. The molecular formula is C9H16N2O2. The van der Waals surface area contributed by atoms with E-state index in [1.807, 2.05) is 19.9 Å². The van der Waals surface area contributed by atoms with Gasteiger partial charge in [0, 0.05) is 13.0 Å². The van der Waals surface area contributed by atoms with Crippen LogP contribution in [0, 0.1) is 17.2 Å². The summed E-state index contributed by atoms with van der Waals surface area (Å²) in [6.07, 6.45) is 1.16. The van der Waals surface area contributed by atoms with E-state index >= 15 is 0 Å². The first kappa shape index (κ1) is 11.9. The average molecular weight is 184 g/mol. The Morgan fingerprint density at radius 1 is 1.69 bits per heavy atom. The molecule has 0 radical (unpaired) electrons. The smallest absolute Gasteiger partial charge is 0.320 e. The number of rotatable bonds is 6. The van der Waals surface area contributed by atoms with Crippen molar-refractivity contribution in [2.75, 3.05) is 6.54 Å². The van der Waals surface area contributed by atoms with Crippen molar-refractivity contribution in [3.05, 3.63) is 0 Å². The second kappa shape index (κ2) is 6.44. The molecule has 0 aliphatic heterocycles. The van der Waals surface area contributed by atoms with Gasteiger partial charge in [-0.2, -0.15) is 5.26 Å². The first-order valence-electron chi connectivity index (χ1n) is 4.46. The number of nitrogens with zero attached hydrogens (tertiary/aromatic N) is 1. The molecule has 0 saturated carbocycles. The van der Waals surface area contributed by atoms with E-state index in [1.54, 1.807) is 0 Å². The molecule has 0 heterocycles. The van der Waals surface area contributed by atoms with Crippen molar-refractivity contribution >= 4 is 5.97 Å². The van der Waals surface area contributed by atoms with Gasteiger partial charge in [0.15, 0.2) is 0 Å². The lowest BCUT2D eigenvalue weighted by molar-refractivity contribution is -0.140. The molecule has 0 aliphatic rings. The fourth-order valence-corrected chi connectivity index (χ4v) is 1.05. The quantitative estimate of drug-likeness (QED) is 0.604. The maximum Gasteiger partial charge on any atom is 0.320 e. The minimum atomic E-state index is -0.840. The second-order valence-corrected chi connectivity index (χ2v) is 3.06. The molecule has 0 aromatic rings. The number of carbonyl (C=O) groups is 1. The Balaban J connectivity index is 3.96. The zero-order chi connectivity index (χ0) is 10.3. The molecule has 0 rings (SSSR count). The minimum Gasteiger partial charge on any atom is -0.480 e. The third-order valence-electron chi connectivity index (χ3n) is 2.08. The van der Waals surface area contributed by atoms with Crippen molar-refractivity contribution in [3.63, 3.8) is 0 Å². The highest BCUT2D eigenvalue weighted by molar-refractivity contribution is 5.73. The maximum absolute atomic E-state index is 10.7. The van der Waals surface area contributed by atoms with Gasteiger partial charge in [-0.1, -0.05) is 20.3 Å². The lowest BCUT2D eigenvalue weighted by Crippen LogP contribution is -2.42. The third kappa shape index (κ3) is 4.48.